The third-order valence-electron chi connectivity index (χ3n) is 5.88. The number of ether oxygens (including phenoxy) is 1. The molecule has 0 aliphatic heterocycles. The van der Waals surface area contributed by atoms with Gasteiger partial charge in [0.15, 0.2) is 5.03 Å². The monoisotopic (exact) mass is 479 g/mol. The highest BCUT2D eigenvalue weighted by Gasteiger charge is 2.27. The van der Waals surface area contributed by atoms with Crippen molar-refractivity contribution >= 4 is 21.5 Å². The topological polar surface area (TPSA) is 128 Å². The zero-order valence-electron chi connectivity index (χ0n) is 19.1. The lowest BCUT2D eigenvalue weighted by molar-refractivity contribution is 0.398. The molecular formula is C23H25N7O3S. The Morgan fingerprint density at radius 1 is 1.18 bits per heavy atom. The van der Waals surface area contributed by atoms with Gasteiger partial charge < -0.3 is 10.1 Å². The first-order chi connectivity index (χ1) is 16.4. The highest BCUT2D eigenvalue weighted by atomic mass is 32.2. The van der Waals surface area contributed by atoms with Gasteiger partial charge in [0.1, 0.15) is 0 Å². The minimum atomic E-state index is -3.93. The molecule has 5 rings (SSSR count). The first-order valence-corrected chi connectivity index (χ1v) is 12.5. The van der Waals surface area contributed by atoms with E-state index in [-0.39, 0.29) is 22.2 Å². The fraction of sp³-hybridized carbons (Fsp3) is 0.304. The summed E-state index contributed by atoms with van der Waals surface area (Å²) in [6.45, 7) is 3.85. The number of aromatic amines is 1. The summed E-state index contributed by atoms with van der Waals surface area (Å²) < 4.78 is 32.9. The number of fused-ring (bicyclic) bond motifs is 1. The Kier molecular flexibility index (Phi) is 5.56. The van der Waals surface area contributed by atoms with Gasteiger partial charge in [-0.1, -0.05) is 12.1 Å². The van der Waals surface area contributed by atoms with E-state index >= 15 is 0 Å². The third kappa shape index (κ3) is 3.92. The van der Waals surface area contributed by atoms with Crippen LogP contribution in [0.1, 0.15) is 37.4 Å². The number of sulfone groups is 1. The number of nitrogens with one attached hydrogen (secondary N) is 2. The molecule has 4 aromatic rings. The van der Waals surface area contributed by atoms with E-state index in [4.69, 9.17) is 4.74 Å². The average molecular weight is 480 g/mol. The first-order valence-electron chi connectivity index (χ1n) is 11.0. The predicted molar refractivity (Wildman–Crippen MR) is 126 cm³/mol. The quantitative estimate of drug-likeness (QED) is 0.410. The van der Waals surface area contributed by atoms with Crippen molar-refractivity contribution in [2.75, 3.05) is 12.4 Å². The number of aromatic nitrogens is 6. The average Bonchev–Trinajstić information content (AvgIpc) is 3.60. The number of nitrogens with zero attached hydrogens (tertiary/aromatic N) is 5. The molecule has 1 aliphatic carbocycles. The molecule has 0 radical (unpaired) electrons. The van der Waals surface area contributed by atoms with Gasteiger partial charge in [-0.2, -0.15) is 10.1 Å². The molecule has 3 heterocycles. The highest BCUT2D eigenvalue weighted by molar-refractivity contribution is 7.91. The van der Waals surface area contributed by atoms with Gasteiger partial charge in [-0.25, -0.2) is 18.5 Å². The second kappa shape index (κ2) is 8.56. The van der Waals surface area contributed by atoms with Crippen LogP contribution in [0.2, 0.25) is 0 Å². The maximum absolute atomic E-state index is 13.0. The molecule has 0 atom stereocenters. The van der Waals surface area contributed by atoms with Crippen molar-refractivity contribution in [3.05, 3.63) is 53.9 Å². The Balaban J connectivity index is 1.51. The van der Waals surface area contributed by atoms with Crippen LogP contribution in [0.15, 0.2) is 52.9 Å². The molecule has 34 heavy (non-hydrogen) atoms. The van der Waals surface area contributed by atoms with Crippen molar-refractivity contribution in [1.82, 2.24) is 29.9 Å². The van der Waals surface area contributed by atoms with Gasteiger partial charge in [-0.3, -0.25) is 4.68 Å². The number of H-pyrrole nitrogens is 1. The van der Waals surface area contributed by atoms with Crippen LogP contribution in [0, 0.1) is 0 Å². The molecule has 0 unspecified atom stereocenters. The Hall–Kier alpha value is -3.73. The molecule has 0 spiro atoms. The van der Waals surface area contributed by atoms with E-state index < -0.39 is 9.84 Å². The molecule has 0 saturated heterocycles. The van der Waals surface area contributed by atoms with Crippen molar-refractivity contribution in [2.24, 2.45) is 0 Å². The maximum atomic E-state index is 13.0. The SMILES string of the molecule is COc1cc(-c2ccc3c(c2Nc2n[nH]c(S(=O)(=O)c4ccn(C(C)C)n4)n2)CCC3)ccn1. The van der Waals surface area contributed by atoms with Crippen molar-refractivity contribution in [1.29, 1.82) is 0 Å². The van der Waals surface area contributed by atoms with E-state index in [2.05, 4.69) is 36.6 Å². The molecule has 0 saturated carbocycles. The van der Waals surface area contributed by atoms with Crippen molar-refractivity contribution in [2.45, 2.75) is 49.3 Å². The van der Waals surface area contributed by atoms with Gasteiger partial charge in [0, 0.05) is 30.1 Å². The van der Waals surface area contributed by atoms with E-state index in [0.717, 1.165) is 36.1 Å². The molecule has 0 fully saturated rings. The van der Waals surface area contributed by atoms with Gasteiger partial charge in [-0.05, 0) is 61.9 Å². The lowest BCUT2D eigenvalue weighted by atomic mass is 9.98. The highest BCUT2D eigenvalue weighted by Crippen LogP contribution is 2.39. The summed E-state index contributed by atoms with van der Waals surface area (Å²) in [6, 6.07) is 9.45. The summed E-state index contributed by atoms with van der Waals surface area (Å²) in [5.41, 5.74) is 5.15. The van der Waals surface area contributed by atoms with Gasteiger partial charge in [0.2, 0.25) is 11.8 Å². The summed E-state index contributed by atoms with van der Waals surface area (Å²) in [6.07, 6.45) is 6.29. The maximum Gasteiger partial charge on any atom is 0.260 e. The van der Waals surface area contributed by atoms with Crippen LogP contribution in [0.25, 0.3) is 11.1 Å². The molecule has 11 heteroatoms. The van der Waals surface area contributed by atoms with E-state index in [1.54, 1.807) is 24.2 Å². The number of hydrogen-bond donors (Lipinski definition) is 2. The van der Waals surface area contributed by atoms with E-state index in [1.807, 2.05) is 32.0 Å². The normalized spacial score (nSPS) is 13.3. The van der Waals surface area contributed by atoms with Crippen molar-refractivity contribution in [3.8, 4) is 17.0 Å². The molecule has 176 valence electrons. The standard InChI is InChI=1S/C23H25N7O3S/c1-14(2)30-12-10-20(29-30)34(31,32)23-26-22(27-28-23)25-21-17-6-4-5-15(17)7-8-18(21)16-9-11-24-19(13-16)33-3/h7-14H,4-6H2,1-3H3,(H2,25,26,27,28). The zero-order chi connectivity index (χ0) is 23.9. The third-order valence-corrected chi connectivity index (χ3v) is 7.34. The van der Waals surface area contributed by atoms with Crippen LogP contribution < -0.4 is 10.1 Å². The zero-order valence-corrected chi connectivity index (χ0v) is 19.9. The smallest absolute Gasteiger partial charge is 0.260 e. The Bertz CT molecular complexity index is 1460. The molecule has 2 N–H and O–H groups in total. The van der Waals surface area contributed by atoms with Crippen LogP contribution in [0.3, 0.4) is 0 Å². The second-order valence-corrected chi connectivity index (χ2v) is 10.2. The van der Waals surface area contributed by atoms with Crippen LogP contribution in [0.4, 0.5) is 11.6 Å². The number of methoxy groups -OCH3 is 1. The Morgan fingerprint density at radius 2 is 2.03 bits per heavy atom. The first kappa shape index (κ1) is 22.1. The molecule has 0 amide bonds. The molecule has 1 aliphatic rings. The van der Waals surface area contributed by atoms with Crippen LogP contribution >= 0.6 is 0 Å². The Morgan fingerprint density at radius 3 is 2.79 bits per heavy atom. The molecule has 1 aromatic carbocycles. The van der Waals surface area contributed by atoms with E-state index in [1.165, 1.54) is 17.2 Å². The lowest BCUT2D eigenvalue weighted by Crippen LogP contribution is -2.08. The van der Waals surface area contributed by atoms with Crippen LogP contribution in [-0.4, -0.2) is 45.5 Å². The predicted octanol–water partition coefficient (Wildman–Crippen LogP) is 3.72. The summed E-state index contributed by atoms with van der Waals surface area (Å²) in [4.78, 5) is 8.44. The summed E-state index contributed by atoms with van der Waals surface area (Å²) in [5.74, 6) is 0.681. The van der Waals surface area contributed by atoms with Crippen LogP contribution in [-0.2, 0) is 22.7 Å². The number of aryl methyl sites for hydroxylation is 1. The van der Waals surface area contributed by atoms with Gasteiger partial charge in [-0.15, -0.1) is 5.10 Å². The number of hydrogen-bond acceptors (Lipinski definition) is 8. The van der Waals surface area contributed by atoms with Crippen LogP contribution in [0.5, 0.6) is 5.88 Å². The van der Waals surface area contributed by atoms with Gasteiger partial charge in [0.25, 0.3) is 15.0 Å². The molecule has 3 aromatic heterocycles. The largest absolute Gasteiger partial charge is 0.481 e. The molecular weight excluding hydrogens is 454 g/mol. The second-order valence-electron chi connectivity index (χ2n) is 8.39. The number of benzene rings is 1. The summed E-state index contributed by atoms with van der Waals surface area (Å²) >= 11 is 0. The number of rotatable bonds is 7. The number of anilines is 2. The van der Waals surface area contributed by atoms with Gasteiger partial charge in [0.05, 0.1) is 12.8 Å². The van der Waals surface area contributed by atoms with E-state index in [9.17, 15) is 8.42 Å². The molecule has 10 nitrogen and oxygen atoms in total. The summed E-state index contributed by atoms with van der Waals surface area (Å²) in [5, 5.41) is 13.8. The lowest BCUT2D eigenvalue weighted by Gasteiger charge is -2.15. The Labute approximate surface area is 197 Å². The van der Waals surface area contributed by atoms with Crippen molar-refractivity contribution in [3.63, 3.8) is 0 Å². The van der Waals surface area contributed by atoms with E-state index in [0.29, 0.717) is 5.88 Å². The molecule has 0 bridgehead atoms. The minimum absolute atomic E-state index is 0.0429. The number of pyridine rings is 1. The fourth-order valence-corrected chi connectivity index (χ4v) is 5.14. The fourth-order valence-electron chi connectivity index (χ4n) is 4.12. The van der Waals surface area contributed by atoms with Crippen molar-refractivity contribution < 1.29 is 13.2 Å². The summed E-state index contributed by atoms with van der Waals surface area (Å²) in [7, 11) is -2.35. The minimum Gasteiger partial charge on any atom is -0.481 e. The van der Waals surface area contributed by atoms with Gasteiger partial charge >= 0.3 is 0 Å².